The van der Waals surface area contributed by atoms with Crippen LogP contribution in [0.25, 0.3) is 0 Å². The molecular formula is C29H37F2N5O4. The van der Waals surface area contributed by atoms with Gasteiger partial charge in [0.2, 0.25) is 5.91 Å². The first kappa shape index (κ1) is 27.1. The zero-order chi connectivity index (χ0) is 28.0. The van der Waals surface area contributed by atoms with Crippen LogP contribution < -0.4 is 4.90 Å². The van der Waals surface area contributed by atoms with E-state index in [1.807, 2.05) is 15.9 Å². The molecule has 2 aromatic rings. The van der Waals surface area contributed by atoms with Gasteiger partial charge >= 0.3 is 0 Å². The maximum Gasteiger partial charge on any atom is 0.274 e. The lowest BCUT2D eigenvalue weighted by atomic mass is 10.1. The van der Waals surface area contributed by atoms with E-state index < -0.39 is 6.43 Å². The number of rotatable bonds is 8. The Hall–Kier alpha value is -3.05. The summed E-state index contributed by atoms with van der Waals surface area (Å²) >= 11 is 0. The molecule has 1 saturated carbocycles. The van der Waals surface area contributed by atoms with Gasteiger partial charge in [-0.25, -0.2) is 8.78 Å². The molecule has 1 N–H and O–H groups in total. The van der Waals surface area contributed by atoms with Gasteiger partial charge in [0.05, 0.1) is 19.3 Å². The van der Waals surface area contributed by atoms with Crippen molar-refractivity contribution in [1.82, 2.24) is 19.6 Å². The molecule has 2 saturated heterocycles. The van der Waals surface area contributed by atoms with E-state index >= 15 is 0 Å². The number of ether oxygens (including phenoxy) is 1. The SMILES string of the molecule is Cc1c(C(F)F)cccc1N1CCN(C(=O)Cn2nc(C(=O)N3CCC(OCCO)CC3)c3c2C[C@H]2CC32)CC1. The fourth-order valence-corrected chi connectivity index (χ4v) is 6.72. The summed E-state index contributed by atoms with van der Waals surface area (Å²) in [6.07, 6.45) is 0.950. The Morgan fingerprint density at radius 2 is 1.85 bits per heavy atom. The molecule has 2 aliphatic carbocycles. The van der Waals surface area contributed by atoms with Gasteiger partial charge in [-0.3, -0.25) is 14.3 Å². The maximum atomic E-state index is 13.5. The third kappa shape index (κ3) is 5.09. The average Bonchev–Trinajstić information content (AvgIpc) is 3.49. The molecule has 216 valence electrons. The highest BCUT2D eigenvalue weighted by atomic mass is 19.3. The standard InChI is InChI=1S/C29H37F2N5O4/c1-18-21(28(30)31)3-2-4-23(18)33-9-11-34(12-10-33)25(38)17-36-24-16-19-15-22(19)26(24)27(32-36)29(39)35-7-5-20(6-8-35)40-14-13-37/h2-4,19-20,22,28,37H,5-17H2,1H3/t19-,22?/m1/s1. The fourth-order valence-electron chi connectivity index (χ4n) is 6.72. The van der Waals surface area contributed by atoms with Crippen LogP contribution in [0.15, 0.2) is 18.2 Å². The second-order valence-electron chi connectivity index (χ2n) is 11.4. The van der Waals surface area contributed by atoms with E-state index in [0.717, 1.165) is 42.6 Å². The summed E-state index contributed by atoms with van der Waals surface area (Å²) in [5, 5.41) is 13.7. The second kappa shape index (κ2) is 11.1. The number of hydrogen-bond donors (Lipinski definition) is 1. The predicted octanol–water partition coefficient (Wildman–Crippen LogP) is 2.75. The second-order valence-corrected chi connectivity index (χ2v) is 11.4. The Morgan fingerprint density at radius 3 is 2.55 bits per heavy atom. The van der Waals surface area contributed by atoms with Gasteiger partial charge in [-0.05, 0) is 56.1 Å². The summed E-state index contributed by atoms with van der Waals surface area (Å²) in [6.45, 7) is 5.47. The monoisotopic (exact) mass is 557 g/mol. The molecule has 0 spiro atoms. The molecule has 3 fully saturated rings. The van der Waals surface area contributed by atoms with Gasteiger partial charge < -0.3 is 24.5 Å². The molecule has 40 heavy (non-hydrogen) atoms. The van der Waals surface area contributed by atoms with Crippen molar-refractivity contribution in [3.63, 3.8) is 0 Å². The lowest BCUT2D eigenvalue weighted by Gasteiger charge is -2.37. The van der Waals surface area contributed by atoms with Crippen molar-refractivity contribution < 1.29 is 28.2 Å². The molecule has 2 aliphatic heterocycles. The highest BCUT2D eigenvalue weighted by Crippen LogP contribution is 2.57. The van der Waals surface area contributed by atoms with Crippen LogP contribution in [0.1, 0.15) is 64.5 Å². The van der Waals surface area contributed by atoms with Gasteiger partial charge in [0, 0.05) is 61.8 Å². The summed E-state index contributed by atoms with van der Waals surface area (Å²) in [4.78, 5) is 32.6. The number of amides is 2. The Kier molecular flexibility index (Phi) is 7.52. The summed E-state index contributed by atoms with van der Waals surface area (Å²) in [6, 6.07) is 4.99. The Labute approximate surface area is 232 Å². The number of aliphatic hydroxyl groups excluding tert-OH is 1. The van der Waals surface area contributed by atoms with Crippen LogP contribution in [0.4, 0.5) is 14.5 Å². The number of anilines is 1. The van der Waals surface area contributed by atoms with Gasteiger partial charge in [-0.15, -0.1) is 0 Å². The van der Waals surface area contributed by atoms with Crippen LogP contribution in [0, 0.1) is 12.8 Å². The molecular weight excluding hydrogens is 520 g/mol. The minimum Gasteiger partial charge on any atom is -0.394 e. The number of likely N-dealkylation sites (tertiary alicyclic amines) is 1. The van der Waals surface area contributed by atoms with Crippen LogP contribution in [-0.2, 0) is 22.5 Å². The molecule has 0 radical (unpaired) electrons. The van der Waals surface area contributed by atoms with Crippen molar-refractivity contribution >= 4 is 17.5 Å². The molecule has 2 amide bonds. The van der Waals surface area contributed by atoms with E-state index in [4.69, 9.17) is 14.9 Å². The van der Waals surface area contributed by atoms with E-state index in [0.29, 0.717) is 69.0 Å². The van der Waals surface area contributed by atoms with Crippen molar-refractivity contribution in [2.45, 2.75) is 57.6 Å². The molecule has 6 rings (SSSR count). The first-order valence-electron chi connectivity index (χ1n) is 14.4. The molecule has 0 bridgehead atoms. The number of piperazine rings is 1. The Bertz CT molecular complexity index is 1270. The quantitative estimate of drug-likeness (QED) is 0.537. The van der Waals surface area contributed by atoms with Crippen LogP contribution in [0.2, 0.25) is 0 Å². The van der Waals surface area contributed by atoms with Gasteiger partial charge in [0.15, 0.2) is 5.69 Å². The van der Waals surface area contributed by atoms with Crippen LogP contribution in [0.3, 0.4) is 0 Å². The number of carbonyl (C=O) groups is 2. The Balaban J connectivity index is 1.10. The van der Waals surface area contributed by atoms with E-state index in [-0.39, 0.29) is 36.6 Å². The number of benzene rings is 1. The fraction of sp³-hybridized carbons (Fsp3) is 0.621. The molecule has 4 aliphatic rings. The van der Waals surface area contributed by atoms with Crippen molar-refractivity contribution in [3.05, 3.63) is 46.3 Å². The number of aromatic nitrogens is 2. The topological polar surface area (TPSA) is 91.1 Å². The maximum absolute atomic E-state index is 13.5. The number of nitrogens with zero attached hydrogens (tertiary/aromatic N) is 5. The molecule has 2 atom stereocenters. The first-order valence-corrected chi connectivity index (χ1v) is 14.4. The molecule has 3 heterocycles. The van der Waals surface area contributed by atoms with Crippen LogP contribution in [-0.4, -0.2) is 95.1 Å². The summed E-state index contributed by atoms with van der Waals surface area (Å²) in [5.41, 5.74) is 3.99. The number of piperidine rings is 1. The third-order valence-corrected chi connectivity index (χ3v) is 9.06. The van der Waals surface area contributed by atoms with Gasteiger partial charge in [-0.1, -0.05) is 12.1 Å². The third-order valence-electron chi connectivity index (χ3n) is 9.06. The highest BCUT2D eigenvalue weighted by molar-refractivity contribution is 5.95. The number of hydrogen-bond acceptors (Lipinski definition) is 6. The number of halogens is 2. The molecule has 9 nitrogen and oxygen atoms in total. The number of alkyl halides is 2. The molecule has 11 heteroatoms. The number of carbonyl (C=O) groups excluding carboxylic acids is 2. The van der Waals surface area contributed by atoms with E-state index in [2.05, 4.69) is 4.90 Å². The zero-order valence-electron chi connectivity index (χ0n) is 22.9. The molecule has 1 aromatic carbocycles. The minimum absolute atomic E-state index is 0.00544. The van der Waals surface area contributed by atoms with Crippen molar-refractivity contribution in [1.29, 1.82) is 0 Å². The first-order chi connectivity index (χ1) is 19.4. The van der Waals surface area contributed by atoms with E-state index in [1.165, 1.54) is 6.07 Å². The summed E-state index contributed by atoms with van der Waals surface area (Å²) < 4.78 is 34.1. The van der Waals surface area contributed by atoms with Crippen molar-refractivity contribution in [2.24, 2.45) is 5.92 Å². The minimum atomic E-state index is -2.51. The smallest absolute Gasteiger partial charge is 0.274 e. The molecule has 1 unspecified atom stereocenters. The van der Waals surface area contributed by atoms with Gasteiger partial charge in [0.25, 0.3) is 12.3 Å². The number of aliphatic hydroxyl groups is 1. The van der Waals surface area contributed by atoms with Crippen LogP contribution >= 0.6 is 0 Å². The van der Waals surface area contributed by atoms with Crippen LogP contribution in [0.5, 0.6) is 0 Å². The lowest BCUT2D eigenvalue weighted by molar-refractivity contribution is -0.132. The molecule has 1 aromatic heterocycles. The summed E-state index contributed by atoms with van der Waals surface area (Å²) in [7, 11) is 0. The lowest BCUT2D eigenvalue weighted by Crippen LogP contribution is -2.50. The Morgan fingerprint density at radius 1 is 1.10 bits per heavy atom. The van der Waals surface area contributed by atoms with E-state index in [1.54, 1.807) is 17.7 Å². The predicted molar refractivity (Wildman–Crippen MR) is 144 cm³/mol. The highest BCUT2D eigenvalue weighted by Gasteiger charge is 2.50. The summed E-state index contributed by atoms with van der Waals surface area (Å²) in [5.74, 6) is 0.823. The largest absolute Gasteiger partial charge is 0.394 e. The zero-order valence-corrected chi connectivity index (χ0v) is 22.9. The van der Waals surface area contributed by atoms with Gasteiger partial charge in [0.1, 0.15) is 6.54 Å². The van der Waals surface area contributed by atoms with E-state index in [9.17, 15) is 18.4 Å². The number of fused-ring (bicyclic) bond motifs is 3. The van der Waals surface area contributed by atoms with Crippen molar-refractivity contribution in [3.8, 4) is 0 Å². The van der Waals surface area contributed by atoms with Crippen molar-refractivity contribution in [2.75, 3.05) is 57.4 Å². The van der Waals surface area contributed by atoms with Gasteiger partial charge in [-0.2, -0.15) is 5.10 Å². The average molecular weight is 558 g/mol. The normalized spacial score (nSPS) is 22.6.